The third-order valence-corrected chi connectivity index (χ3v) is 6.54. The van der Waals surface area contributed by atoms with E-state index < -0.39 is 5.41 Å². The molecule has 0 saturated heterocycles. The molecule has 29 heavy (non-hydrogen) atoms. The Labute approximate surface area is 184 Å². The van der Waals surface area contributed by atoms with Gasteiger partial charge in [0, 0.05) is 23.8 Å². The van der Waals surface area contributed by atoms with Gasteiger partial charge >= 0.3 is 0 Å². The van der Waals surface area contributed by atoms with Crippen molar-refractivity contribution in [1.82, 2.24) is 4.90 Å². The number of amides is 1. The first-order valence-electron chi connectivity index (χ1n) is 10.9. The number of nitrogens with zero attached hydrogens (tertiary/aromatic N) is 2. The van der Waals surface area contributed by atoms with Crippen molar-refractivity contribution >= 4 is 27.5 Å². The Hall–Kier alpha value is -1.65. The van der Waals surface area contributed by atoms with E-state index >= 15 is 0 Å². The highest BCUT2D eigenvalue weighted by molar-refractivity contribution is 9.10. The first kappa shape index (κ1) is 22.0. The van der Waals surface area contributed by atoms with Crippen molar-refractivity contribution in [2.75, 3.05) is 31.6 Å². The molecule has 0 aromatic heterocycles. The van der Waals surface area contributed by atoms with E-state index in [-0.39, 0.29) is 5.91 Å². The van der Waals surface area contributed by atoms with Crippen LogP contribution in [0, 0.1) is 0 Å². The number of fused-ring (bicyclic) bond motifs is 1. The fraction of sp³-hybridized carbons (Fsp3) is 0.480. The van der Waals surface area contributed by atoms with E-state index in [4.69, 9.17) is 0 Å². The molecule has 1 unspecified atom stereocenters. The zero-order chi connectivity index (χ0) is 20.9. The summed E-state index contributed by atoms with van der Waals surface area (Å²) in [6.45, 7) is 7.34. The summed E-state index contributed by atoms with van der Waals surface area (Å²) in [4.78, 5) is 18.2. The van der Waals surface area contributed by atoms with E-state index in [1.165, 1.54) is 31.2 Å². The van der Waals surface area contributed by atoms with Crippen LogP contribution in [-0.4, -0.2) is 37.5 Å². The van der Waals surface area contributed by atoms with Gasteiger partial charge in [-0.25, -0.2) is 0 Å². The predicted molar refractivity (Wildman–Crippen MR) is 126 cm³/mol. The summed E-state index contributed by atoms with van der Waals surface area (Å²) < 4.78 is 1.03. The van der Waals surface area contributed by atoms with Crippen molar-refractivity contribution in [3.63, 3.8) is 0 Å². The van der Waals surface area contributed by atoms with Gasteiger partial charge in [0.25, 0.3) is 0 Å². The van der Waals surface area contributed by atoms with E-state index in [9.17, 15) is 4.79 Å². The first-order chi connectivity index (χ1) is 14.0. The Balaban J connectivity index is 2.05. The van der Waals surface area contributed by atoms with Crippen molar-refractivity contribution in [2.45, 2.75) is 51.4 Å². The second kappa shape index (κ2) is 9.90. The summed E-state index contributed by atoms with van der Waals surface area (Å²) >= 11 is 3.65. The summed E-state index contributed by atoms with van der Waals surface area (Å²) in [5.74, 6) is 0.215. The third kappa shape index (κ3) is 4.75. The van der Waals surface area contributed by atoms with Crippen LogP contribution in [0.2, 0.25) is 0 Å². The van der Waals surface area contributed by atoms with Crippen LogP contribution in [0.4, 0.5) is 5.69 Å². The molecule has 3 rings (SSSR count). The molecule has 1 aliphatic rings. The average Bonchev–Trinajstić information content (AvgIpc) is 2.92. The van der Waals surface area contributed by atoms with Gasteiger partial charge in [0.15, 0.2) is 0 Å². The van der Waals surface area contributed by atoms with Gasteiger partial charge in [0.2, 0.25) is 5.91 Å². The number of hydrogen-bond acceptors (Lipinski definition) is 2. The van der Waals surface area contributed by atoms with Crippen LogP contribution in [0.15, 0.2) is 53.0 Å². The van der Waals surface area contributed by atoms with E-state index in [1.54, 1.807) is 0 Å². The number of carbonyl (C=O) groups is 1. The lowest BCUT2D eigenvalue weighted by atomic mass is 9.75. The molecule has 0 spiro atoms. The predicted octanol–water partition coefficient (Wildman–Crippen LogP) is 5.81. The van der Waals surface area contributed by atoms with Crippen LogP contribution in [0.5, 0.6) is 0 Å². The largest absolute Gasteiger partial charge is 0.314 e. The zero-order valence-corrected chi connectivity index (χ0v) is 19.5. The van der Waals surface area contributed by atoms with Gasteiger partial charge in [0.1, 0.15) is 0 Å². The minimum atomic E-state index is -0.545. The summed E-state index contributed by atoms with van der Waals surface area (Å²) in [5.41, 5.74) is 2.87. The molecule has 1 aliphatic heterocycles. The summed E-state index contributed by atoms with van der Waals surface area (Å²) in [5, 5.41) is 0. The third-order valence-electron chi connectivity index (χ3n) is 6.05. The van der Waals surface area contributed by atoms with E-state index in [0.29, 0.717) is 0 Å². The molecule has 3 nitrogen and oxygen atoms in total. The van der Waals surface area contributed by atoms with Gasteiger partial charge in [0.05, 0.1) is 5.41 Å². The minimum Gasteiger partial charge on any atom is -0.314 e. The Morgan fingerprint density at radius 1 is 1.00 bits per heavy atom. The average molecular weight is 457 g/mol. The molecule has 2 aromatic rings. The molecule has 0 bridgehead atoms. The smallest absolute Gasteiger partial charge is 0.239 e. The number of hydrogen-bond donors (Lipinski definition) is 0. The van der Waals surface area contributed by atoms with E-state index in [1.807, 2.05) is 24.1 Å². The molecule has 0 radical (unpaired) electrons. The number of halogens is 1. The molecule has 0 fully saturated rings. The maximum atomic E-state index is 13.8. The first-order valence-corrected chi connectivity index (χ1v) is 11.7. The van der Waals surface area contributed by atoms with Crippen LogP contribution in [0.25, 0.3) is 0 Å². The van der Waals surface area contributed by atoms with Gasteiger partial charge < -0.3 is 9.80 Å². The van der Waals surface area contributed by atoms with Crippen molar-refractivity contribution in [2.24, 2.45) is 0 Å². The fourth-order valence-corrected chi connectivity index (χ4v) is 4.83. The van der Waals surface area contributed by atoms with Crippen LogP contribution in [0.1, 0.15) is 50.7 Å². The molecule has 156 valence electrons. The SMILES string of the molecule is CCCCN(CCCC)CC1(Cc2ccccc2)C(=O)N(C)c2ccc(Br)cc21. The number of rotatable bonds is 10. The van der Waals surface area contributed by atoms with Crippen LogP contribution >= 0.6 is 15.9 Å². The van der Waals surface area contributed by atoms with E-state index in [0.717, 1.165) is 41.8 Å². The number of likely N-dealkylation sites (N-methyl/N-ethyl adjacent to an activating group) is 1. The number of benzene rings is 2. The molecule has 2 aromatic carbocycles. The molecule has 0 aliphatic carbocycles. The topological polar surface area (TPSA) is 23.6 Å². The van der Waals surface area contributed by atoms with Gasteiger partial charge in [-0.15, -0.1) is 0 Å². The van der Waals surface area contributed by atoms with Crippen molar-refractivity contribution in [3.8, 4) is 0 Å². The quantitative estimate of drug-likeness (QED) is 0.450. The Morgan fingerprint density at radius 2 is 1.66 bits per heavy atom. The number of unbranched alkanes of at least 4 members (excludes halogenated alkanes) is 2. The normalized spacial score (nSPS) is 18.5. The van der Waals surface area contributed by atoms with Crippen LogP contribution in [0.3, 0.4) is 0 Å². The Kier molecular flexibility index (Phi) is 7.53. The summed E-state index contributed by atoms with van der Waals surface area (Å²) in [6.07, 6.45) is 5.41. The molecule has 4 heteroatoms. The molecule has 1 heterocycles. The lowest BCUT2D eigenvalue weighted by Gasteiger charge is -2.35. The summed E-state index contributed by atoms with van der Waals surface area (Å²) in [6, 6.07) is 16.7. The molecule has 1 atom stereocenters. The zero-order valence-electron chi connectivity index (χ0n) is 18.0. The van der Waals surface area contributed by atoms with Crippen molar-refractivity contribution < 1.29 is 4.79 Å². The monoisotopic (exact) mass is 456 g/mol. The van der Waals surface area contributed by atoms with Crippen LogP contribution < -0.4 is 4.90 Å². The van der Waals surface area contributed by atoms with Crippen molar-refractivity contribution in [3.05, 3.63) is 64.1 Å². The van der Waals surface area contributed by atoms with Crippen LogP contribution in [-0.2, 0) is 16.6 Å². The molecule has 0 N–H and O–H groups in total. The summed E-state index contributed by atoms with van der Waals surface area (Å²) in [7, 11) is 1.92. The Morgan fingerprint density at radius 3 is 2.28 bits per heavy atom. The minimum absolute atomic E-state index is 0.215. The second-order valence-electron chi connectivity index (χ2n) is 8.25. The molecule has 0 saturated carbocycles. The number of anilines is 1. The standard InChI is InChI=1S/C25H33BrN2O/c1-4-6-15-28(16-7-5-2)19-25(18-20-11-9-8-10-12-20)22-17-21(26)13-14-23(22)27(3)24(25)29/h8-14,17H,4-7,15-16,18-19H2,1-3H3. The number of carbonyl (C=O) groups excluding carboxylic acids is 1. The highest BCUT2D eigenvalue weighted by Gasteiger charge is 2.50. The van der Waals surface area contributed by atoms with Gasteiger partial charge in [-0.3, -0.25) is 4.79 Å². The highest BCUT2D eigenvalue weighted by Crippen LogP contribution is 2.45. The molecular weight excluding hydrogens is 424 g/mol. The second-order valence-corrected chi connectivity index (χ2v) is 9.17. The van der Waals surface area contributed by atoms with E-state index in [2.05, 4.69) is 71.1 Å². The maximum Gasteiger partial charge on any atom is 0.239 e. The lowest BCUT2D eigenvalue weighted by molar-refractivity contribution is -0.123. The molecule has 1 amide bonds. The fourth-order valence-electron chi connectivity index (χ4n) is 4.47. The van der Waals surface area contributed by atoms with Crippen molar-refractivity contribution in [1.29, 1.82) is 0 Å². The van der Waals surface area contributed by atoms with Gasteiger partial charge in [-0.1, -0.05) is 73.0 Å². The van der Waals surface area contributed by atoms with Gasteiger partial charge in [-0.2, -0.15) is 0 Å². The lowest BCUT2D eigenvalue weighted by Crippen LogP contribution is -2.49. The maximum absolute atomic E-state index is 13.8. The molecular formula is C25H33BrN2O. The highest BCUT2D eigenvalue weighted by atomic mass is 79.9. The Bertz CT molecular complexity index is 815. The van der Waals surface area contributed by atoms with Gasteiger partial charge in [-0.05, 0) is 61.7 Å².